The van der Waals surface area contributed by atoms with Crippen LogP contribution < -0.4 is 10.6 Å². The first-order valence-corrected chi connectivity index (χ1v) is 6.05. The third-order valence-electron chi connectivity index (χ3n) is 3.06. The molecule has 0 radical (unpaired) electrons. The zero-order chi connectivity index (χ0) is 13.0. The molecule has 6 heteroatoms. The van der Waals surface area contributed by atoms with Gasteiger partial charge in [-0.15, -0.1) is 0 Å². The Morgan fingerprint density at radius 1 is 1.72 bits per heavy atom. The smallest absolute Gasteiger partial charge is 0.173 e. The Morgan fingerprint density at radius 3 is 3.28 bits per heavy atom. The average molecular weight is 250 g/mol. The lowest BCUT2D eigenvalue weighted by molar-refractivity contribution is 0.0381. The summed E-state index contributed by atoms with van der Waals surface area (Å²) in [6, 6.07) is 3.57. The number of oxime groups is 1. The van der Waals surface area contributed by atoms with Crippen LogP contribution in [0.1, 0.15) is 18.9 Å². The van der Waals surface area contributed by atoms with Crippen LogP contribution in [0, 0.1) is 0 Å². The number of rotatable bonds is 3. The third-order valence-corrected chi connectivity index (χ3v) is 3.06. The third kappa shape index (κ3) is 2.53. The number of anilines is 1. The Hall–Kier alpha value is -1.82. The Balaban J connectivity index is 2.27. The molecule has 1 aromatic rings. The van der Waals surface area contributed by atoms with Gasteiger partial charge in [0.1, 0.15) is 5.82 Å². The molecule has 0 amide bonds. The molecule has 98 valence electrons. The summed E-state index contributed by atoms with van der Waals surface area (Å²) >= 11 is 0. The van der Waals surface area contributed by atoms with E-state index in [-0.39, 0.29) is 11.9 Å². The number of nitrogens with zero attached hydrogens (tertiary/aromatic N) is 3. The lowest BCUT2D eigenvalue weighted by Crippen LogP contribution is -2.43. The summed E-state index contributed by atoms with van der Waals surface area (Å²) in [4.78, 5) is 6.45. The molecule has 0 saturated carbocycles. The molecule has 3 N–H and O–H groups in total. The van der Waals surface area contributed by atoms with Gasteiger partial charge in [-0.05, 0) is 18.6 Å². The normalized spacial score (nSPS) is 21.1. The quantitative estimate of drug-likeness (QED) is 0.358. The van der Waals surface area contributed by atoms with E-state index >= 15 is 0 Å². The van der Waals surface area contributed by atoms with Crippen LogP contribution in [0.4, 0.5) is 5.82 Å². The van der Waals surface area contributed by atoms with E-state index in [1.165, 1.54) is 0 Å². The summed E-state index contributed by atoms with van der Waals surface area (Å²) < 4.78 is 5.63. The first kappa shape index (κ1) is 12.6. The second-order valence-corrected chi connectivity index (χ2v) is 4.21. The second kappa shape index (κ2) is 5.68. The molecule has 0 aliphatic carbocycles. The van der Waals surface area contributed by atoms with Crippen molar-refractivity contribution in [2.45, 2.75) is 19.4 Å². The van der Waals surface area contributed by atoms with Gasteiger partial charge < -0.3 is 20.6 Å². The summed E-state index contributed by atoms with van der Waals surface area (Å²) in [5, 5.41) is 11.9. The van der Waals surface area contributed by atoms with Gasteiger partial charge in [-0.1, -0.05) is 12.1 Å². The molecule has 18 heavy (non-hydrogen) atoms. The van der Waals surface area contributed by atoms with Gasteiger partial charge in [-0.25, -0.2) is 4.98 Å². The summed E-state index contributed by atoms with van der Waals surface area (Å²) in [6.45, 7) is 4.31. The summed E-state index contributed by atoms with van der Waals surface area (Å²) in [7, 11) is 0. The van der Waals surface area contributed by atoms with Crippen LogP contribution in [0.15, 0.2) is 23.5 Å². The fourth-order valence-corrected chi connectivity index (χ4v) is 2.06. The maximum atomic E-state index is 8.80. The largest absolute Gasteiger partial charge is 0.409 e. The molecule has 1 fully saturated rings. The molecule has 1 saturated heterocycles. The molecule has 2 rings (SSSR count). The molecule has 1 aliphatic rings. The molecule has 1 aliphatic heterocycles. The van der Waals surface area contributed by atoms with E-state index in [9.17, 15) is 0 Å². The zero-order valence-corrected chi connectivity index (χ0v) is 10.4. The number of ether oxygens (including phenoxy) is 1. The fourth-order valence-electron chi connectivity index (χ4n) is 2.06. The highest BCUT2D eigenvalue weighted by molar-refractivity contribution is 6.01. The van der Waals surface area contributed by atoms with E-state index in [1.807, 2.05) is 0 Å². The summed E-state index contributed by atoms with van der Waals surface area (Å²) in [5.74, 6) is 0.826. The Labute approximate surface area is 106 Å². The van der Waals surface area contributed by atoms with Crippen LogP contribution in [0.3, 0.4) is 0 Å². The SMILES string of the molecule is CCC1CN(c2ncccc2/C(N)=N/O)CCO1. The van der Waals surface area contributed by atoms with Crippen molar-refractivity contribution in [2.75, 3.05) is 24.6 Å². The maximum absolute atomic E-state index is 8.80. The van der Waals surface area contributed by atoms with Crippen LogP contribution >= 0.6 is 0 Å². The lowest BCUT2D eigenvalue weighted by atomic mass is 10.2. The lowest BCUT2D eigenvalue weighted by Gasteiger charge is -2.34. The molecule has 0 aromatic carbocycles. The minimum Gasteiger partial charge on any atom is -0.409 e. The molecule has 6 nitrogen and oxygen atoms in total. The van der Waals surface area contributed by atoms with Crippen molar-refractivity contribution < 1.29 is 9.94 Å². The van der Waals surface area contributed by atoms with Crippen molar-refractivity contribution in [1.82, 2.24) is 4.98 Å². The van der Waals surface area contributed by atoms with Gasteiger partial charge in [0.2, 0.25) is 0 Å². The Bertz CT molecular complexity index is 436. The number of morpholine rings is 1. The Morgan fingerprint density at radius 2 is 2.56 bits per heavy atom. The van der Waals surface area contributed by atoms with E-state index < -0.39 is 0 Å². The van der Waals surface area contributed by atoms with Crippen molar-refractivity contribution in [1.29, 1.82) is 0 Å². The molecule has 1 aromatic heterocycles. The van der Waals surface area contributed by atoms with Crippen LogP contribution in [0.5, 0.6) is 0 Å². The van der Waals surface area contributed by atoms with Gasteiger partial charge >= 0.3 is 0 Å². The van der Waals surface area contributed by atoms with Gasteiger partial charge in [-0.2, -0.15) is 0 Å². The van der Waals surface area contributed by atoms with Crippen LogP contribution in [-0.4, -0.2) is 41.8 Å². The Kier molecular flexibility index (Phi) is 3.99. The van der Waals surface area contributed by atoms with E-state index in [1.54, 1.807) is 18.3 Å². The first-order chi connectivity index (χ1) is 8.76. The monoisotopic (exact) mass is 250 g/mol. The van der Waals surface area contributed by atoms with Gasteiger partial charge in [0.15, 0.2) is 5.84 Å². The highest BCUT2D eigenvalue weighted by atomic mass is 16.5. The predicted molar refractivity (Wildman–Crippen MR) is 69.0 cm³/mol. The fraction of sp³-hybridized carbons (Fsp3) is 0.500. The molecule has 0 bridgehead atoms. The first-order valence-electron chi connectivity index (χ1n) is 6.05. The predicted octanol–water partition coefficient (Wildman–Crippen LogP) is 0.791. The minimum absolute atomic E-state index is 0.0811. The van der Waals surface area contributed by atoms with E-state index in [0.717, 1.165) is 25.3 Å². The summed E-state index contributed by atoms with van der Waals surface area (Å²) in [5.41, 5.74) is 6.32. The number of pyridine rings is 1. The molecule has 1 atom stereocenters. The standard InChI is InChI=1S/C12H18N4O2/c1-2-9-8-16(6-7-18-9)12-10(11(13)15-17)4-3-5-14-12/h3-5,9,17H,2,6-8H2,1H3,(H2,13,15). The number of amidine groups is 1. The van der Waals surface area contributed by atoms with E-state index in [2.05, 4.69) is 22.0 Å². The molecule has 0 spiro atoms. The van der Waals surface area contributed by atoms with Crippen molar-refractivity contribution in [3.05, 3.63) is 23.9 Å². The van der Waals surface area contributed by atoms with Crippen molar-refractivity contribution in [3.63, 3.8) is 0 Å². The topological polar surface area (TPSA) is 84.0 Å². The van der Waals surface area contributed by atoms with Crippen LogP contribution in [0.25, 0.3) is 0 Å². The number of nitrogens with two attached hydrogens (primary N) is 1. The van der Waals surface area contributed by atoms with Crippen molar-refractivity contribution in [3.8, 4) is 0 Å². The zero-order valence-electron chi connectivity index (χ0n) is 10.4. The number of hydrogen-bond donors (Lipinski definition) is 2. The molecule has 2 heterocycles. The van der Waals surface area contributed by atoms with Gasteiger partial charge in [0.05, 0.1) is 18.3 Å². The highest BCUT2D eigenvalue weighted by Crippen LogP contribution is 2.20. The molecular formula is C12H18N4O2. The minimum atomic E-state index is 0.0811. The van der Waals surface area contributed by atoms with Crippen molar-refractivity contribution in [2.24, 2.45) is 10.9 Å². The van der Waals surface area contributed by atoms with E-state index in [0.29, 0.717) is 12.2 Å². The van der Waals surface area contributed by atoms with Crippen molar-refractivity contribution >= 4 is 11.7 Å². The van der Waals surface area contributed by atoms with Gasteiger partial charge in [-0.3, -0.25) is 0 Å². The maximum Gasteiger partial charge on any atom is 0.173 e. The van der Waals surface area contributed by atoms with Gasteiger partial charge in [0, 0.05) is 19.3 Å². The van der Waals surface area contributed by atoms with Crippen LogP contribution in [0.2, 0.25) is 0 Å². The van der Waals surface area contributed by atoms with Crippen LogP contribution in [-0.2, 0) is 4.74 Å². The highest BCUT2D eigenvalue weighted by Gasteiger charge is 2.22. The van der Waals surface area contributed by atoms with Gasteiger partial charge in [0.25, 0.3) is 0 Å². The average Bonchev–Trinajstić information content (AvgIpc) is 2.46. The summed E-state index contributed by atoms with van der Waals surface area (Å²) in [6.07, 6.45) is 2.88. The molecular weight excluding hydrogens is 232 g/mol. The molecule has 1 unspecified atom stereocenters. The number of aromatic nitrogens is 1. The second-order valence-electron chi connectivity index (χ2n) is 4.21. The van der Waals surface area contributed by atoms with E-state index in [4.69, 9.17) is 15.7 Å². The number of hydrogen-bond acceptors (Lipinski definition) is 5.